The molecule has 3 aromatic rings. The van der Waals surface area contributed by atoms with Crippen molar-refractivity contribution in [3.05, 3.63) is 83.1 Å². The molecule has 4 rings (SSSR count). The molecule has 2 amide bonds. The third kappa shape index (κ3) is 4.08. The van der Waals surface area contributed by atoms with Gasteiger partial charge in [0, 0.05) is 11.8 Å². The zero-order valence-electron chi connectivity index (χ0n) is 19.8. The second-order valence-corrected chi connectivity index (χ2v) is 7.89. The molecule has 3 aromatic carbocycles. The van der Waals surface area contributed by atoms with Crippen LogP contribution in [0.4, 0.5) is 11.4 Å². The Hall–Kier alpha value is -4.26. The van der Waals surface area contributed by atoms with Crippen LogP contribution in [0.15, 0.2) is 66.4 Å². The van der Waals surface area contributed by atoms with Crippen molar-refractivity contribution < 1.29 is 23.8 Å². The second kappa shape index (κ2) is 9.31. The fraction of sp³-hybridized carbons (Fsp3) is 0.185. The zero-order chi connectivity index (χ0) is 24.4. The first kappa shape index (κ1) is 22.9. The van der Waals surface area contributed by atoms with Crippen LogP contribution in [0.25, 0.3) is 5.57 Å². The Morgan fingerprint density at radius 2 is 1.41 bits per heavy atom. The van der Waals surface area contributed by atoms with Crippen molar-refractivity contribution in [2.45, 2.75) is 13.8 Å². The van der Waals surface area contributed by atoms with E-state index in [0.717, 1.165) is 11.1 Å². The van der Waals surface area contributed by atoms with Crippen molar-refractivity contribution in [2.24, 2.45) is 0 Å². The van der Waals surface area contributed by atoms with E-state index in [1.54, 1.807) is 62.8 Å². The molecule has 0 saturated heterocycles. The Kier molecular flexibility index (Phi) is 6.27. The third-order valence-electron chi connectivity index (χ3n) is 5.86. The molecule has 0 spiro atoms. The van der Waals surface area contributed by atoms with Crippen LogP contribution in [0, 0.1) is 13.8 Å². The topological polar surface area (TPSA) is 77.1 Å². The lowest BCUT2D eigenvalue weighted by Gasteiger charge is -2.17. The number of hydrogen-bond acceptors (Lipinski definition) is 6. The Bertz CT molecular complexity index is 1290. The van der Waals surface area contributed by atoms with Gasteiger partial charge < -0.3 is 19.5 Å². The summed E-state index contributed by atoms with van der Waals surface area (Å²) in [6.45, 7) is 3.93. The lowest BCUT2D eigenvalue weighted by Crippen LogP contribution is -2.32. The largest absolute Gasteiger partial charge is 0.497 e. The molecule has 1 heterocycles. The molecule has 174 valence electrons. The number of amides is 2. The molecular weight excluding hydrogens is 432 g/mol. The van der Waals surface area contributed by atoms with Gasteiger partial charge in [0.25, 0.3) is 11.8 Å². The number of aryl methyl sites for hydroxylation is 2. The molecule has 0 aliphatic carbocycles. The number of carbonyl (C=O) groups excluding carboxylic acids is 2. The first-order valence-corrected chi connectivity index (χ1v) is 10.7. The van der Waals surface area contributed by atoms with E-state index in [4.69, 9.17) is 14.2 Å². The van der Waals surface area contributed by atoms with Gasteiger partial charge in [-0.2, -0.15) is 0 Å². The molecule has 34 heavy (non-hydrogen) atoms. The van der Waals surface area contributed by atoms with Crippen LogP contribution in [-0.2, 0) is 9.59 Å². The van der Waals surface area contributed by atoms with Crippen molar-refractivity contribution in [3.63, 3.8) is 0 Å². The number of ether oxygens (including phenoxy) is 3. The number of carbonyl (C=O) groups is 2. The highest BCUT2D eigenvalue weighted by Gasteiger charge is 2.40. The molecule has 1 N–H and O–H groups in total. The first-order chi connectivity index (χ1) is 16.4. The number of methoxy groups -OCH3 is 3. The maximum absolute atomic E-state index is 13.6. The summed E-state index contributed by atoms with van der Waals surface area (Å²) in [5.41, 5.74) is 4.24. The molecule has 7 heteroatoms. The van der Waals surface area contributed by atoms with Gasteiger partial charge in [0.05, 0.1) is 32.6 Å². The average Bonchev–Trinajstić information content (AvgIpc) is 3.09. The number of nitrogens with one attached hydrogen (secondary N) is 1. The van der Waals surface area contributed by atoms with E-state index in [1.165, 1.54) is 12.0 Å². The number of nitrogens with zero attached hydrogens (tertiary/aromatic N) is 1. The van der Waals surface area contributed by atoms with Crippen LogP contribution in [0.2, 0.25) is 0 Å². The molecule has 0 unspecified atom stereocenters. The number of benzene rings is 3. The lowest BCUT2D eigenvalue weighted by molar-refractivity contribution is -0.120. The first-order valence-electron chi connectivity index (χ1n) is 10.7. The molecule has 0 radical (unpaired) electrons. The van der Waals surface area contributed by atoms with E-state index in [9.17, 15) is 9.59 Å². The Morgan fingerprint density at radius 1 is 0.706 bits per heavy atom. The molecule has 1 aliphatic rings. The minimum absolute atomic E-state index is 0.181. The van der Waals surface area contributed by atoms with E-state index >= 15 is 0 Å². The van der Waals surface area contributed by atoms with Gasteiger partial charge in [-0.05, 0) is 66.9 Å². The Labute approximate surface area is 198 Å². The van der Waals surface area contributed by atoms with Crippen molar-refractivity contribution in [3.8, 4) is 17.2 Å². The normalized spacial score (nSPS) is 13.4. The standard InChI is InChI=1S/C27H26N2O5/c1-16-6-10-20(14-17(16)2)29-26(30)24(18-7-11-21(32-3)12-8-18)25(27(29)31)28-19-9-13-22(33-4)23(15-19)34-5/h6-15,28H,1-5H3. The quantitative estimate of drug-likeness (QED) is 0.516. The van der Waals surface area contributed by atoms with Gasteiger partial charge in [0.15, 0.2) is 11.5 Å². The predicted octanol–water partition coefficient (Wildman–Crippen LogP) is 4.73. The van der Waals surface area contributed by atoms with Crippen LogP contribution < -0.4 is 24.4 Å². The van der Waals surface area contributed by atoms with Crippen LogP contribution in [0.3, 0.4) is 0 Å². The Morgan fingerprint density at radius 3 is 2.03 bits per heavy atom. The molecule has 0 bridgehead atoms. The van der Waals surface area contributed by atoms with Crippen LogP contribution in [-0.4, -0.2) is 33.1 Å². The fourth-order valence-corrected chi connectivity index (χ4v) is 3.83. The molecule has 1 aliphatic heterocycles. The van der Waals surface area contributed by atoms with Gasteiger partial charge >= 0.3 is 0 Å². The van der Waals surface area contributed by atoms with Gasteiger partial charge in [0.2, 0.25) is 0 Å². The van der Waals surface area contributed by atoms with E-state index in [1.807, 2.05) is 26.0 Å². The van der Waals surface area contributed by atoms with Crippen molar-refractivity contribution in [1.82, 2.24) is 0 Å². The smallest absolute Gasteiger partial charge is 0.282 e. The molecule has 0 saturated carbocycles. The summed E-state index contributed by atoms with van der Waals surface area (Å²) in [6.07, 6.45) is 0. The van der Waals surface area contributed by atoms with Gasteiger partial charge in [0.1, 0.15) is 11.4 Å². The molecule has 7 nitrogen and oxygen atoms in total. The average molecular weight is 459 g/mol. The van der Waals surface area contributed by atoms with Gasteiger partial charge in [-0.1, -0.05) is 18.2 Å². The monoisotopic (exact) mass is 458 g/mol. The van der Waals surface area contributed by atoms with E-state index in [0.29, 0.717) is 34.2 Å². The van der Waals surface area contributed by atoms with Gasteiger partial charge in [-0.3, -0.25) is 9.59 Å². The Balaban J connectivity index is 1.81. The number of rotatable bonds is 7. The number of imide groups is 1. The van der Waals surface area contributed by atoms with Crippen LogP contribution in [0.5, 0.6) is 17.2 Å². The molecule has 0 aromatic heterocycles. The van der Waals surface area contributed by atoms with E-state index in [2.05, 4.69) is 5.32 Å². The van der Waals surface area contributed by atoms with Gasteiger partial charge in [-0.25, -0.2) is 4.90 Å². The minimum Gasteiger partial charge on any atom is -0.497 e. The molecular formula is C27H26N2O5. The summed E-state index contributed by atoms with van der Waals surface area (Å²) in [5, 5.41) is 3.15. The molecule has 0 fully saturated rings. The summed E-state index contributed by atoms with van der Waals surface area (Å²) in [4.78, 5) is 28.4. The predicted molar refractivity (Wildman–Crippen MR) is 131 cm³/mol. The number of anilines is 2. The fourth-order valence-electron chi connectivity index (χ4n) is 3.83. The van der Waals surface area contributed by atoms with Crippen molar-refractivity contribution in [2.75, 3.05) is 31.5 Å². The molecule has 0 atom stereocenters. The number of hydrogen-bond donors (Lipinski definition) is 1. The summed E-state index contributed by atoms with van der Waals surface area (Å²) in [5.74, 6) is 0.877. The maximum Gasteiger partial charge on any atom is 0.282 e. The summed E-state index contributed by atoms with van der Waals surface area (Å²) >= 11 is 0. The summed E-state index contributed by atoms with van der Waals surface area (Å²) in [6, 6.07) is 17.8. The highest BCUT2D eigenvalue weighted by molar-refractivity contribution is 6.46. The highest BCUT2D eigenvalue weighted by atomic mass is 16.5. The van der Waals surface area contributed by atoms with E-state index in [-0.39, 0.29) is 11.3 Å². The minimum atomic E-state index is -0.436. The van der Waals surface area contributed by atoms with Crippen LogP contribution >= 0.6 is 0 Å². The lowest BCUT2D eigenvalue weighted by atomic mass is 10.0. The zero-order valence-corrected chi connectivity index (χ0v) is 19.8. The van der Waals surface area contributed by atoms with Gasteiger partial charge in [-0.15, -0.1) is 0 Å². The second-order valence-electron chi connectivity index (χ2n) is 7.89. The van der Waals surface area contributed by atoms with Crippen molar-refractivity contribution >= 4 is 28.8 Å². The van der Waals surface area contributed by atoms with Crippen LogP contribution in [0.1, 0.15) is 16.7 Å². The SMILES string of the molecule is COc1ccc(C2=C(Nc3ccc(OC)c(OC)c3)C(=O)N(c3ccc(C)c(C)c3)C2=O)cc1. The summed E-state index contributed by atoms with van der Waals surface area (Å²) < 4.78 is 15.9. The highest BCUT2D eigenvalue weighted by Crippen LogP contribution is 2.36. The third-order valence-corrected chi connectivity index (χ3v) is 5.86. The van der Waals surface area contributed by atoms with Crippen molar-refractivity contribution in [1.29, 1.82) is 0 Å². The summed E-state index contributed by atoms with van der Waals surface area (Å²) in [7, 11) is 4.66. The maximum atomic E-state index is 13.6. The van der Waals surface area contributed by atoms with E-state index < -0.39 is 11.8 Å².